The van der Waals surface area contributed by atoms with Gasteiger partial charge < -0.3 is 13.7 Å². The number of thioether (sulfide) groups is 1. The summed E-state index contributed by atoms with van der Waals surface area (Å²) in [5.41, 5.74) is 3.25. The first kappa shape index (κ1) is 23.2. The number of imide groups is 1. The van der Waals surface area contributed by atoms with Crippen LogP contribution < -0.4 is 0 Å². The minimum Gasteiger partial charge on any atom is -0.463 e. The molecule has 0 bridgehead atoms. The summed E-state index contributed by atoms with van der Waals surface area (Å²) >= 11 is 13.4. The van der Waals surface area contributed by atoms with E-state index in [4.69, 9.17) is 27.6 Å². The van der Waals surface area contributed by atoms with Crippen molar-refractivity contribution in [2.24, 2.45) is 0 Å². The van der Waals surface area contributed by atoms with E-state index >= 15 is 0 Å². The number of nitrogens with zero attached hydrogens (tertiary/aromatic N) is 2. The van der Waals surface area contributed by atoms with E-state index in [2.05, 4.69) is 4.74 Å². The van der Waals surface area contributed by atoms with Crippen LogP contribution in [0.5, 0.6) is 0 Å². The van der Waals surface area contributed by atoms with E-state index < -0.39 is 17.1 Å². The highest BCUT2D eigenvalue weighted by Crippen LogP contribution is 2.35. The molecule has 0 aliphatic carbocycles. The average molecular weight is 505 g/mol. The Bertz CT molecular complexity index is 1320. The number of ether oxygens (including phenoxy) is 1. The zero-order valence-corrected chi connectivity index (χ0v) is 20.2. The second-order valence-corrected chi connectivity index (χ2v) is 9.12. The van der Waals surface area contributed by atoms with E-state index in [0.29, 0.717) is 15.8 Å². The van der Waals surface area contributed by atoms with Crippen LogP contribution in [0.3, 0.4) is 0 Å². The van der Waals surface area contributed by atoms with E-state index in [1.165, 1.54) is 19.2 Å². The molecule has 0 unspecified atom stereocenters. The first-order valence-corrected chi connectivity index (χ1v) is 11.3. The Morgan fingerprint density at radius 1 is 1.15 bits per heavy atom. The van der Waals surface area contributed by atoms with Crippen LogP contribution in [0.4, 0.5) is 4.79 Å². The zero-order valence-electron chi connectivity index (χ0n) is 17.8. The number of amides is 2. The van der Waals surface area contributed by atoms with Crippen molar-refractivity contribution in [3.63, 3.8) is 0 Å². The highest BCUT2D eigenvalue weighted by Gasteiger charge is 2.36. The van der Waals surface area contributed by atoms with Gasteiger partial charge >= 0.3 is 5.97 Å². The Morgan fingerprint density at radius 2 is 1.91 bits per heavy atom. The predicted molar refractivity (Wildman–Crippen MR) is 127 cm³/mol. The minimum atomic E-state index is -0.634. The molecule has 2 amide bonds. The number of aromatic nitrogens is 1. The molecular weight excluding hydrogens is 487 g/mol. The molecule has 0 saturated carbocycles. The van der Waals surface area contributed by atoms with E-state index in [0.717, 1.165) is 39.3 Å². The van der Waals surface area contributed by atoms with Crippen LogP contribution in [0.2, 0.25) is 10.0 Å². The van der Waals surface area contributed by atoms with Gasteiger partial charge in [0, 0.05) is 16.4 Å². The summed E-state index contributed by atoms with van der Waals surface area (Å²) in [7, 11) is 1.24. The summed E-state index contributed by atoms with van der Waals surface area (Å²) in [5, 5.41) is 0.671. The third-order valence-electron chi connectivity index (χ3n) is 5.14. The Labute approximate surface area is 203 Å². The lowest BCUT2D eigenvalue weighted by Crippen LogP contribution is -2.27. The van der Waals surface area contributed by atoms with Gasteiger partial charge in [0.1, 0.15) is 5.76 Å². The maximum Gasteiger partial charge on any atom is 0.373 e. The molecule has 1 aromatic carbocycles. The van der Waals surface area contributed by atoms with Crippen molar-refractivity contribution in [1.29, 1.82) is 0 Å². The summed E-state index contributed by atoms with van der Waals surface area (Å²) in [6.07, 6.45) is 1.68. The molecule has 170 valence electrons. The molecule has 0 radical (unpaired) electrons. The topological polar surface area (TPSA) is 81.8 Å². The van der Waals surface area contributed by atoms with Gasteiger partial charge in [0.15, 0.2) is 0 Å². The number of methoxy groups -OCH3 is 1. The highest BCUT2D eigenvalue weighted by molar-refractivity contribution is 8.18. The van der Waals surface area contributed by atoms with Gasteiger partial charge in [-0.05, 0) is 73.6 Å². The van der Waals surface area contributed by atoms with Crippen molar-refractivity contribution in [3.05, 3.63) is 79.8 Å². The van der Waals surface area contributed by atoms with Crippen LogP contribution in [-0.4, -0.2) is 33.7 Å². The zero-order chi connectivity index (χ0) is 23.9. The van der Waals surface area contributed by atoms with Crippen molar-refractivity contribution in [1.82, 2.24) is 9.47 Å². The van der Waals surface area contributed by atoms with E-state index in [9.17, 15) is 14.4 Å². The maximum atomic E-state index is 12.9. The Balaban J connectivity index is 1.61. The molecule has 10 heteroatoms. The van der Waals surface area contributed by atoms with Crippen molar-refractivity contribution >= 4 is 58.2 Å². The lowest BCUT2D eigenvalue weighted by Gasteiger charge is -2.12. The van der Waals surface area contributed by atoms with Gasteiger partial charge in [-0.25, -0.2) is 4.79 Å². The maximum absolute atomic E-state index is 12.9. The van der Waals surface area contributed by atoms with Gasteiger partial charge in [-0.3, -0.25) is 14.5 Å². The number of hydrogen-bond acceptors (Lipinski definition) is 6. The van der Waals surface area contributed by atoms with Crippen LogP contribution in [0.15, 0.2) is 45.7 Å². The molecule has 1 aliphatic rings. The number of aryl methyl sites for hydroxylation is 1. The Hall–Kier alpha value is -2.94. The molecule has 0 spiro atoms. The number of benzene rings is 1. The van der Waals surface area contributed by atoms with Crippen molar-refractivity contribution in [2.75, 3.05) is 7.11 Å². The molecule has 7 nitrogen and oxygen atoms in total. The summed E-state index contributed by atoms with van der Waals surface area (Å²) in [4.78, 5) is 38.4. The lowest BCUT2D eigenvalue weighted by atomic mass is 10.2. The number of carbonyl (C=O) groups excluding carboxylic acids is 3. The molecule has 1 fully saturated rings. The van der Waals surface area contributed by atoms with Gasteiger partial charge in [-0.1, -0.05) is 23.2 Å². The first-order valence-electron chi connectivity index (χ1n) is 9.76. The number of carbonyl (C=O) groups is 3. The van der Waals surface area contributed by atoms with Gasteiger partial charge in [0.25, 0.3) is 11.1 Å². The standard InChI is InChI=1S/C23H18Cl2N2O5S/c1-12-8-14(13(2)27(12)18-10-15(24)4-6-17(18)25)9-20-21(28)26(23(30)33-20)11-16-5-7-19(32-16)22(29)31-3/h4-10H,11H2,1-3H3/b20-9+. The third-order valence-corrected chi connectivity index (χ3v) is 6.60. The van der Waals surface area contributed by atoms with Crippen LogP contribution >= 0.6 is 35.0 Å². The van der Waals surface area contributed by atoms with E-state index in [1.54, 1.807) is 24.3 Å². The molecule has 3 aromatic rings. The van der Waals surface area contributed by atoms with Crippen molar-refractivity contribution in [2.45, 2.75) is 20.4 Å². The monoisotopic (exact) mass is 504 g/mol. The van der Waals surface area contributed by atoms with E-state index in [1.807, 2.05) is 24.5 Å². The number of furan rings is 1. The van der Waals surface area contributed by atoms with Gasteiger partial charge in [0.2, 0.25) is 5.76 Å². The summed E-state index contributed by atoms with van der Waals surface area (Å²) in [6.45, 7) is 3.73. The van der Waals surface area contributed by atoms with Crippen LogP contribution in [0.1, 0.15) is 33.3 Å². The molecule has 2 aromatic heterocycles. The second kappa shape index (κ2) is 9.13. The highest BCUT2D eigenvalue weighted by atomic mass is 35.5. The quantitative estimate of drug-likeness (QED) is 0.312. The largest absolute Gasteiger partial charge is 0.463 e. The number of hydrogen-bond donors (Lipinski definition) is 0. The van der Waals surface area contributed by atoms with Gasteiger partial charge in [-0.15, -0.1) is 0 Å². The van der Waals surface area contributed by atoms with Crippen LogP contribution in [0.25, 0.3) is 11.8 Å². The normalized spacial score (nSPS) is 15.1. The molecular formula is C23H18Cl2N2O5S. The fraction of sp³-hybridized carbons (Fsp3) is 0.174. The summed E-state index contributed by atoms with van der Waals surface area (Å²) in [5.74, 6) is -0.771. The SMILES string of the molecule is COC(=O)c1ccc(CN2C(=O)S/C(=C/c3cc(C)n(-c4cc(Cl)ccc4Cl)c3C)C2=O)o1. The molecule has 33 heavy (non-hydrogen) atoms. The third kappa shape index (κ3) is 4.46. The minimum absolute atomic E-state index is 0.00197. The predicted octanol–water partition coefficient (Wildman–Crippen LogP) is 6.02. The summed E-state index contributed by atoms with van der Waals surface area (Å²) < 4.78 is 11.9. The number of esters is 1. The smallest absolute Gasteiger partial charge is 0.373 e. The van der Waals surface area contributed by atoms with Crippen molar-refractivity contribution < 1.29 is 23.5 Å². The first-order chi connectivity index (χ1) is 15.7. The fourth-order valence-corrected chi connectivity index (χ4v) is 4.77. The van der Waals surface area contributed by atoms with Gasteiger partial charge in [0.05, 0.1) is 29.3 Å². The Kier molecular flexibility index (Phi) is 6.43. The molecule has 0 atom stereocenters. The van der Waals surface area contributed by atoms with Gasteiger partial charge in [-0.2, -0.15) is 0 Å². The average Bonchev–Trinajstić information content (AvgIpc) is 3.43. The molecule has 3 heterocycles. The molecule has 1 saturated heterocycles. The van der Waals surface area contributed by atoms with E-state index in [-0.39, 0.29) is 17.2 Å². The molecule has 0 N–H and O–H groups in total. The Morgan fingerprint density at radius 3 is 2.64 bits per heavy atom. The molecule has 1 aliphatic heterocycles. The summed E-state index contributed by atoms with van der Waals surface area (Å²) in [6, 6.07) is 10.1. The van der Waals surface area contributed by atoms with Crippen LogP contribution in [0, 0.1) is 13.8 Å². The van der Waals surface area contributed by atoms with Crippen molar-refractivity contribution in [3.8, 4) is 5.69 Å². The second-order valence-electron chi connectivity index (χ2n) is 7.28. The number of halogens is 2. The molecule has 4 rings (SSSR count). The lowest BCUT2D eigenvalue weighted by molar-refractivity contribution is -0.123. The number of rotatable bonds is 5. The van der Waals surface area contributed by atoms with Crippen LogP contribution in [-0.2, 0) is 16.1 Å². The fourth-order valence-electron chi connectivity index (χ4n) is 3.57.